The average molecular weight is 332 g/mol. The molecule has 1 saturated heterocycles. The highest BCUT2D eigenvalue weighted by atomic mass is 16.7. The molecule has 5 fully saturated rings. The van der Waals surface area contributed by atoms with Gasteiger partial charge < -0.3 is 14.6 Å². The Bertz CT molecular complexity index is 537. The van der Waals surface area contributed by atoms with Crippen LogP contribution < -0.4 is 0 Å². The predicted octanol–water partition coefficient (Wildman–Crippen LogP) is 3.91. The highest BCUT2D eigenvalue weighted by molar-refractivity contribution is 5.18. The Morgan fingerprint density at radius 3 is 2.58 bits per heavy atom. The molecule has 5 aliphatic rings. The molecule has 4 aliphatic carbocycles. The van der Waals surface area contributed by atoms with Gasteiger partial charge in [-0.25, -0.2) is 0 Å². The van der Waals surface area contributed by atoms with Crippen LogP contribution in [0, 0.1) is 35.0 Å². The van der Waals surface area contributed by atoms with Gasteiger partial charge in [-0.05, 0) is 74.5 Å². The molecule has 0 aromatic rings. The van der Waals surface area contributed by atoms with Crippen molar-refractivity contribution in [3.05, 3.63) is 12.2 Å². The van der Waals surface area contributed by atoms with E-state index in [4.69, 9.17) is 9.47 Å². The van der Waals surface area contributed by atoms with Gasteiger partial charge in [0, 0.05) is 11.8 Å². The Balaban J connectivity index is 1.45. The first-order chi connectivity index (χ1) is 11.5. The fraction of sp³-hybridized carbons (Fsp3) is 0.905. The maximum atomic E-state index is 10.1. The summed E-state index contributed by atoms with van der Waals surface area (Å²) in [4.78, 5) is 0. The third-order valence-electron chi connectivity index (χ3n) is 8.74. The van der Waals surface area contributed by atoms with Crippen LogP contribution in [0.5, 0.6) is 0 Å². The van der Waals surface area contributed by atoms with Crippen molar-refractivity contribution >= 4 is 0 Å². The lowest BCUT2D eigenvalue weighted by Gasteiger charge is -2.57. The number of fused-ring (bicyclic) bond motifs is 6. The Morgan fingerprint density at radius 1 is 1.00 bits per heavy atom. The van der Waals surface area contributed by atoms with Gasteiger partial charge in [-0.1, -0.05) is 19.1 Å². The van der Waals surface area contributed by atoms with Crippen LogP contribution in [0.25, 0.3) is 0 Å². The summed E-state index contributed by atoms with van der Waals surface area (Å²) in [5, 5.41) is 10.1. The van der Waals surface area contributed by atoms with Crippen molar-refractivity contribution in [3.63, 3.8) is 0 Å². The third-order valence-corrected chi connectivity index (χ3v) is 8.74. The van der Waals surface area contributed by atoms with Crippen molar-refractivity contribution in [2.45, 2.75) is 70.2 Å². The van der Waals surface area contributed by atoms with E-state index in [2.05, 4.69) is 13.5 Å². The molecular weight excluding hydrogens is 300 g/mol. The minimum Gasteiger partial charge on any atom is -0.393 e. The molecule has 4 saturated carbocycles. The maximum Gasteiger partial charge on any atom is 0.174 e. The van der Waals surface area contributed by atoms with Crippen LogP contribution in [0.4, 0.5) is 0 Å². The van der Waals surface area contributed by atoms with E-state index in [0.717, 1.165) is 56.1 Å². The first-order valence-corrected chi connectivity index (χ1v) is 10.2. The lowest BCUT2D eigenvalue weighted by Crippen LogP contribution is -2.54. The zero-order chi connectivity index (χ0) is 16.5. The van der Waals surface area contributed by atoms with Gasteiger partial charge in [-0.2, -0.15) is 0 Å². The zero-order valence-corrected chi connectivity index (χ0v) is 15.0. The Morgan fingerprint density at radius 2 is 1.79 bits per heavy atom. The van der Waals surface area contributed by atoms with E-state index in [1.807, 2.05) is 0 Å². The highest BCUT2D eigenvalue weighted by Crippen LogP contribution is 2.67. The van der Waals surface area contributed by atoms with E-state index in [9.17, 15) is 5.11 Å². The van der Waals surface area contributed by atoms with E-state index in [0.29, 0.717) is 5.92 Å². The third kappa shape index (κ3) is 1.95. The molecule has 3 heteroatoms. The van der Waals surface area contributed by atoms with Crippen LogP contribution in [-0.4, -0.2) is 30.2 Å². The minimum atomic E-state index is -0.288. The first-order valence-electron chi connectivity index (χ1n) is 10.2. The number of aliphatic hydroxyl groups is 1. The molecule has 134 valence electrons. The summed E-state index contributed by atoms with van der Waals surface area (Å²) < 4.78 is 12.4. The van der Waals surface area contributed by atoms with Gasteiger partial charge in [0.05, 0.1) is 19.3 Å². The Hall–Kier alpha value is -0.380. The summed E-state index contributed by atoms with van der Waals surface area (Å²) in [5.41, 5.74) is 1.62. The van der Waals surface area contributed by atoms with Crippen LogP contribution in [-0.2, 0) is 9.47 Å². The monoisotopic (exact) mass is 332 g/mol. The molecule has 24 heavy (non-hydrogen) atoms. The molecule has 0 unspecified atom stereocenters. The molecule has 1 heterocycles. The fourth-order valence-corrected chi connectivity index (χ4v) is 7.64. The second-order valence-electron chi connectivity index (χ2n) is 9.48. The largest absolute Gasteiger partial charge is 0.393 e. The quantitative estimate of drug-likeness (QED) is 0.684. The molecule has 1 N–H and O–H groups in total. The summed E-state index contributed by atoms with van der Waals surface area (Å²) in [5.74, 6) is 3.38. The lowest BCUT2D eigenvalue weighted by atomic mass is 9.49. The molecule has 0 aromatic heterocycles. The molecular formula is C21H32O3. The van der Waals surface area contributed by atoms with Crippen molar-refractivity contribution in [3.8, 4) is 0 Å². The fourth-order valence-electron chi connectivity index (χ4n) is 7.64. The van der Waals surface area contributed by atoms with Gasteiger partial charge in [0.1, 0.15) is 0 Å². The maximum absolute atomic E-state index is 10.1. The smallest absolute Gasteiger partial charge is 0.174 e. The zero-order valence-electron chi connectivity index (χ0n) is 15.0. The Labute approximate surface area is 145 Å². The summed E-state index contributed by atoms with van der Waals surface area (Å²) in [6.45, 7) is 8.47. The molecule has 5 rings (SSSR count). The van der Waals surface area contributed by atoms with Gasteiger partial charge >= 0.3 is 0 Å². The van der Waals surface area contributed by atoms with E-state index >= 15 is 0 Å². The van der Waals surface area contributed by atoms with Crippen LogP contribution in [0.1, 0.15) is 58.3 Å². The number of hydrogen-bond acceptors (Lipinski definition) is 3. The number of allylic oxidation sites excluding steroid dienone is 1. The number of rotatable bonds is 0. The highest BCUT2D eigenvalue weighted by Gasteiger charge is 2.66. The minimum absolute atomic E-state index is 0.0940. The molecule has 1 aliphatic heterocycles. The van der Waals surface area contributed by atoms with Crippen LogP contribution >= 0.6 is 0 Å². The van der Waals surface area contributed by atoms with Gasteiger partial charge in [-0.15, -0.1) is 0 Å². The van der Waals surface area contributed by atoms with E-state index < -0.39 is 0 Å². The van der Waals surface area contributed by atoms with Crippen LogP contribution in [0.2, 0.25) is 0 Å². The number of aliphatic hydroxyl groups excluding tert-OH is 1. The predicted molar refractivity (Wildman–Crippen MR) is 92.3 cm³/mol. The second-order valence-corrected chi connectivity index (χ2v) is 9.48. The molecule has 0 aromatic carbocycles. The molecule has 0 bridgehead atoms. The van der Waals surface area contributed by atoms with Gasteiger partial charge in [-0.3, -0.25) is 0 Å². The van der Waals surface area contributed by atoms with Crippen molar-refractivity contribution in [1.82, 2.24) is 0 Å². The lowest BCUT2D eigenvalue weighted by molar-refractivity contribution is -0.242. The van der Waals surface area contributed by atoms with Crippen molar-refractivity contribution in [2.75, 3.05) is 13.2 Å². The molecule has 7 atom stereocenters. The molecule has 3 nitrogen and oxygen atoms in total. The SMILES string of the molecule is C=C1C[C@@H]2[C@H](CC[C@@]3(C)[C@H]2CCC32OCCO2)[C@H]2CC[C@H](O)C[C@H]12. The summed E-state index contributed by atoms with van der Waals surface area (Å²) >= 11 is 0. The Kier molecular flexibility index (Phi) is 3.51. The van der Waals surface area contributed by atoms with Gasteiger partial charge in [0.2, 0.25) is 0 Å². The summed E-state index contributed by atoms with van der Waals surface area (Å²) in [7, 11) is 0. The molecule has 0 amide bonds. The van der Waals surface area contributed by atoms with E-state index in [-0.39, 0.29) is 17.3 Å². The first kappa shape index (κ1) is 15.8. The summed E-state index contributed by atoms with van der Waals surface area (Å²) in [6.07, 6.45) is 9.14. The average Bonchev–Trinajstić information content (AvgIpc) is 3.15. The molecule has 0 radical (unpaired) electrons. The van der Waals surface area contributed by atoms with Crippen molar-refractivity contribution in [1.29, 1.82) is 0 Å². The summed E-state index contributed by atoms with van der Waals surface area (Å²) in [6, 6.07) is 0. The van der Waals surface area contributed by atoms with Crippen LogP contribution in [0.3, 0.4) is 0 Å². The normalized spacial score (nSPS) is 52.8. The van der Waals surface area contributed by atoms with E-state index in [1.54, 1.807) is 0 Å². The van der Waals surface area contributed by atoms with Crippen molar-refractivity contribution < 1.29 is 14.6 Å². The molecule has 1 spiro atoms. The van der Waals surface area contributed by atoms with Gasteiger partial charge in [0.25, 0.3) is 0 Å². The number of hydrogen-bond donors (Lipinski definition) is 1. The van der Waals surface area contributed by atoms with Crippen molar-refractivity contribution in [2.24, 2.45) is 35.0 Å². The standard InChI is InChI=1S/C21H32O3/c1-13-11-18-16(15-4-3-14(22)12-17(13)15)5-7-20(2)19(18)6-8-21(20)23-9-10-24-21/h14-19,22H,1,3-12H2,2H3/t14-,15+,16+,17+,18+,19-,20-/m0/s1. The topological polar surface area (TPSA) is 38.7 Å². The van der Waals surface area contributed by atoms with Gasteiger partial charge in [0.15, 0.2) is 5.79 Å². The number of ether oxygens (including phenoxy) is 2. The van der Waals surface area contributed by atoms with Crippen LogP contribution in [0.15, 0.2) is 12.2 Å². The van der Waals surface area contributed by atoms with E-state index in [1.165, 1.54) is 37.7 Å². The second kappa shape index (κ2) is 5.31.